The minimum Gasteiger partial charge on any atom is -0.476 e. The molecule has 1 fully saturated rings. The molecular formula is C17H25N3O4S. The summed E-state index contributed by atoms with van der Waals surface area (Å²) in [6, 6.07) is 0. The van der Waals surface area contributed by atoms with Gasteiger partial charge in [0, 0.05) is 36.9 Å². The predicted molar refractivity (Wildman–Crippen MR) is 94.5 cm³/mol. The van der Waals surface area contributed by atoms with Crippen LogP contribution >= 0.6 is 11.3 Å². The number of rotatable bonds is 5. The molecular weight excluding hydrogens is 342 g/mol. The van der Waals surface area contributed by atoms with Crippen molar-refractivity contribution in [2.45, 2.75) is 40.0 Å². The molecule has 8 heteroatoms. The summed E-state index contributed by atoms with van der Waals surface area (Å²) < 4.78 is 0. The van der Waals surface area contributed by atoms with Crippen molar-refractivity contribution in [2.75, 3.05) is 19.6 Å². The molecule has 2 N–H and O–H groups in total. The number of carbonyl (C=O) groups is 3. The Hall–Kier alpha value is -1.96. The Bertz CT molecular complexity index is 651. The fourth-order valence-corrected chi connectivity index (χ4v) is 3.58. The van der Waals surface area contributed by atoms with E-state index >= 15 is 0 Å². The van der Waals surface area contributed by atoms with Gasteiger partial charge in [-0.3, -0.25) is 9.59 Å². The maximum Gasteiger partial charge on any atom is 0.355 e. The Kier molecular flexibility index (Phi) is 6.16. The van der Waals surface area contributed by atoms with E-state index in [0.717, 1.165) is 12.8 Å². The third-order valence-electron chi connectivity index (χ3n) is 4.13. The van der Waals surface area contributed by atoms with Crippen LogP contribution in [-0.4, -0.2) is 52.4 Å². The molecule has 0 aliphatic carbocycles. The van der Waals surface area contributed by atoms with Crippen LogP contribution in [0.3, 0.4) is 0 Å². The van der Waals surface area contributed by atoms with Crippen LogP contribution in [0, 0.1) is 11.3 Å². The highest BCUT2D eigenvalue weighted by Crippen LogP contribution is 2.23. The van der Waals surface area contributed by atoms with Crippen molar-refractivity contribution in [3.8, 4) is 0 Å². The van der Waals surface area contributed by atoms with Gasteiger partial charge in [0.05, 0.1) is 10.9 Å². The van der Waals surface area contributed by atoms with E-state index < -0.39 is 11.4 Å². The minimum atomic E-state index is -1.04. The largest absolute Gasteiger partial charge is 0.476 e. The van der Waals surface area contributed by atoms with Crippen LogP contribution in [0.5, 0.6) is 0 Å². The fraction of sp³-hybridized carbons (Fsp3) is 0.647. The van der Waals surface area contributed by atoms with E-state index in [1.807, 2.05) is 20.8 Å². The van der Waals surface area contributed by atoms with Crippen LogP contribution in [0.15, 0.2) is 5.38 Å². The van der Waals surface area contributed by atoms with E-state index in [4.69, 9.17) is 5.11 Å². The summed E-state index contributed by atoms with van der Waals surface area (Å²) in [5.74, 6) is -1.21. The Labute approximate surface area is 151 Å². The Morgan fingerprint density at radius 3 is 2.72 bits per heavy atom. The molecule has 1 unspecified atom stereocenters. The fourth-order valence-electron chi connectivity index (χ4n) is 2.81. The molecule has 2 heterocycles. The first kappa shape index (κ1) is 19.4. The van der Waals surface area contributed by atoms with E-state index in [1.54, 1.807) is 4.90 Å². The van der Waals surface area contributed by atoms with Crippen molar-refractivity contribution in [3.63, 3.8) is 0 Å². The van der Waals surface area contributed by atoms with Gasteiger partial charge in [0.25, 0.3) is 0 Å². The van der Waals surface area contributed by atoms with Crippen LogP contribution in [-0.2, 0) is 16.0 Å². The summed E-state index contributed by atoms with van der Waals surface area (Å²) in [6.07, 6.45) is 2.11. The van der Waals surface area contributed by atoms with Crippen molar-refractivity contribution >= 4 is 29.1 Å². The topological polar surface area (TPSA) is 99.6 Å². The first-order valence-electron chi connectivity index (χ1n) is 8.43. The molecule has 2 rings (SSSR count). The van der Waals surface area contributed by atoms with E-state index in [0.29, 0.717) is 31.1 Å². The second kappa shape index (κ2) is 7.95. The van der Waals surface area contributed by atoms with Crippen molar-refractivity contribution < 1.29 is 19.5 Å². The van der Waals surface area contributed by atoms with Crippen LogP contribution in [0.1, 0.15) is 49.1 Å². The number of likely N-dealkylation sites (tertiary alicyclic amines) is 1. The van der Waals surface area contributed by atoms with E-state index in [2.05, 4.69) is 10.3 Å². The van der Waals surface area contributed by atoms with Crippen LogP contribution in [0.4, 0.5) is 0 Å². The lowest BCUT2D eigenvalue weighted by Crippen LogP contribution is -2.48. The number of piperidine rings is 1. The number of aromatic carboxylic acids is 1. The second-order valence-corrected chi connectivity index (χ2v) is 8.26. The summed E-state index contributed by atoms with van der Waals surface area (Å²) >= 11 is 1.28. The number of thiazole rings is 1. The summed E-state index contributed by atoms with van der Waals surface area (Å²) in [7, 11) is 0. The lowest BCUT2D eigenvalue weighted by atomic mass is 9.91. The molecule has 0 spiro atoms. The number of carbonyl (C=O) groups excluding carboxylic acids is 2. The zero-order chi connectivity index (χ0) is 18.6. The Balaban J connectivity index is 1.81. The SMILES string of the molecule is CC(C)(C)C(=O)N1CCCC(C(=O)NCCc2nc(C(=O)O)cs2)C1. The molecule has 25 heavy (non-hydrogen) atoms. The molecule has 1 aliphatic rings. The number of aromatic nitrogens is 1. The van der Waals surface area contributed by atoms with Gasteiger partial charge in [-0.25, -0.2) is 9.78 Å². The summed E-state index contributed by atoms with van der Waals surface area (Å²) in [6.45, 7) is 7.24. The van der Waals surface area contributed by atoms with Crippen molar-refractivity contribution in [2.24, 2.45) is 11.3 Å². The molecule has 0 bridgehead atoms. The molecule has 0 saturated carbocycles. The van der Waals surface area contributed by atoms with Gasteiger partial charge in [-0.15, -0.1) is 11.3 Å². The normalized spacial score (nSPS) is 18.0. The number of carboxylic acid groups (broad SMARTS) is 1. The molecule has 1 aromatic heterocycles. The summed E-state index contributed by atoms with van der Waals surface area (Å²) in [4.78, 5) is 41.3. The number of amides is 2. The summed E-state index contributed by atoms with van der Waals surface area (Å²) in [5.41, 5.74) is -0.402. The van der Waals surface area contributed by atoms with E-state index in [-0.39, 0.29) is 23.4 Å². The maximum absolute atomic E-state index is 12.4. The Morgan fingerprint density at radius 2 is 2.12 bits per heavy atom. The second-order valence-electron chi connectivity index (χ2n) is 7.31. The first-order chi connectivity index (χ1) is 11.7. The van der Waals surface area contributed by atoms with Crippen LogP contribution in [0.2, 0.25) is 0 Å². The van der Waals surface area contributed by atoms with Crippen LogP contribution in [0.25, 0.3) is 0 Å². The molecule has 0 aromatic carbocycles. The highest BCUT2D eigenvalue weighted by atomic mass is 32.1. The standard InChI is InChI=1S/C17H25N3O4S/c1-17(2,3)16(24)20-8-4-5-11(9-20)14(21)18-7-6-13-19-12(10-25-13)15(22)23/h10-11H,4-9H2,1-3H3,(H,18,21)(H,22,23). The number of nitrogens with one attached hydrogen (secondary N) is 1. The number of hydrogen-bond donors (Lipinski definition) is 2. The third-order valence-corrected chi connectivity index (χ3v) is 5.04. The summed E-state index contributed by atoms with van der Waals surface area (Å²) in [5, 5.41) is 13.9. The maximum atomic E-state index is 12.4. The van der Waals surface area contributed by atoms with Gasteiger partial charge in [0.1, 0.15) is 0 Å². The highest BCUT2D eigenvalue weighted by Gasteiger charge is 2.33. The van der Waals surface area contributed by atoms with Gasteiger partial charge in [0.2, 0.25) is 11.8 Å². The van der Waals surface area contributed by atoms with E-state index in [1.165, 1.54) is 16.7 Å². The van der Waals surface area contributed by atoms with E-state index in [9.17, 15) is 14.4 Å². The average Bonchev–Trinajstić information content (AvgIpc) is 3.02. The van der Waals surface area contributed by atoms with Gasteiger partial charge < -0.3 is 15.3 Å². The lowest BCUT2D eigenvalue weighted by molar-refractivity contribution is -0.142. The number of hydrogen-bond acceptors (Lipinski definition) is 5. The monoisotopic (exact) mass is 367 g/mol. The first-order valence-corrected chi connectivity index (χ1v) is 9.31. The minimum absolute atomic E-state index is 0.0370. The van der Waals surface area contributed by atoms with Gasteiger partial charge in [-0.05, 0) is 12.8 Å². The molecule has 7 nitrogen and oxygen atoms in total. The highest BCUT2D eigenvalue weighted by molar-refractivity contribution is 7.09. The molecule has 1 atom stereocenters. The molecule has 1 aliphatic heterocycles. The Morgan fingerprint density at radius 1 is 1.40 bits per heavy atom. The van der Waals surface area contributed by atoms with Gasteiger partial charge in [-0.1, -0.05) is 20.8 Å². The molecule has 1 saturated heterocycles. The smallest absolute Gasteiger partial charge is 0.355 e. The van der Waals surface area contributed by atoms with Gasteiger partial charge in [-0.2, -0.15) is 0 Å². The molecule has 138 valence electrons. The van der Waals surface area contributed by atoms with Crippen molar-refractivity contribution in [1.82, 2.24) is 15.2 Å². The third kappa shape index (κ3) is 5.26. The van der Waals surface area contributed by atoms with Crippen molar-refractivity contribution in [3.05, 3.63) is 16.1 Å². The lowest BCUT2D eigenvalue weighted by Gasteiger charge is -2.35. The number of nitrogens with zero attached hydrogens (tertiary/aromatic N) is 2. The van der Waals surface area contributed by atoms with Gasteiger partial charge >= 0.3 is 5.97 Å². The predicted octanol–water partition coefficient (Wildman–Crippen LogP) is 1.78. The quantitative estimate of drug-likeness (QED) is 0.826. The molecule has 0 radical (unpaired) electrons. The van der Waals surface area contributed by atoms with Gasteiger partial charge in [0.15, 0.2) is 5.69 Å². The average molecular weight is 367 g/mol. The zero-order valence-electron chi connectivity index (χ0n) is 14.9. The van der Waals surface area contributed by atoms with Crippen molar-refractivity contribution in [1.29, 1.82) is 0 Å². The number of carboxylic acids is 1. The molecule has 2 amide bonds. The van der Waals surface area contributed by atoms with Crippen LogP contribution < -0.4 is 5.32 Å². The zero-order valence-corrected chi connectivity index (χ0v) is 15.7. The molecule has 1 aromatic rings.